The summed E-state index contributed by atoms with van der Waals surface area (Å²) in [7, 11) is 0. The number of benzene rings is 2. The van der Waals surface area contributed by atoms with Gasteiger partial charge in [0.15, 0.2) is 5.13 Å². The van der Waals surface area contributed by atoms with Gasteiger partial charge < -0.3 is 14.7 Å². The maximum absolute atomic E-state index is 13.0. The molecular formula is C24H26F3N3O3S. The molecule has 0 saturated carbocycles. The molecule has 0 amide bonds. The summed E-state index contributed by atoms with van der Waals surface area (Å²) in [4.78, 5) is 20.0. The van der Waals surface area contributed by atoms with Crippen molar-refractivity contribution in [2.75, 3.05) is 37.7 Å². The van der Waals surface area contributed by atoms with E-state index in [1.807, 2.05) is 19.1 Å². The van der Waals surface area contributed by atoms with Crippen molar-refractivity contribution >= 4 is 32.7 Å². The van der Waals surface area contributed by atoms with Gasteiger partial charge in [-0.2, -0.15) is 13.2 Å². The molecule has 1 aromatic heterocycles. The fourth-order valence-electron chi connectivity index (χ4n) is 4.19. The number of hydrogen-bond acceptors (Lipinski definition) is 6. The first-order valence-electron chi connectivity index (χ1n) is 11.0. The van der Waals surface area contributed by atoms with Gasteiger partial charge in [-0.1, -0.05) is 17.4 Å². The van der Waals surface area contributed by atoms with Crippen LogP contribution in [0.1, 0.15) is 23.6 Å². The quantitative estimate of drug-likeness (QED) is 0.508. The molecule has 1 atom stereocenters. The number of halogens is 3. The van der Waals surface area contributed by atoms with Crippen LogP contribution in [0.2, 0.25) is 0 Å². The Morgan fingerprint density at radius 2 is 2.03 bits per heavy atom. The number of alkyl halides is 3. The number of aromatic nitrogens is 1. The molecule has 2 heterocycles. The average molecular weight is 494 g/mol. The Labute approximate surface area is 199 Å². The predicted octanol–water partition coefficient (Wildman–Crippen LogP) is 4.84. The van der Waals surface area contributed by atoms with E-state index in [1.54, 1.807) is 6.07 Å². The Balaban J connectivity index is 1.33. The van der Waals surface area contributed by atoms with E-state index in [0.29, 0.717) is 34.7 Å². The van der Waals surface area contributed by atoms with Crippen molar-refractivity contribution in [3.63, 3.8) is 0 Å². The van der Waals surface area contributed by atoms with Gasteiger partial charge in [0.25, 0.3) is 0 Å². The van der Waals surface area contributed by atoms with Crippen molar-refractivity contribution in [2.24, 2.45) is 0 Å². The lowest BCUT2D eigenvalue weighted by Gasteiger charge is -2.39. The summed E-state index contributed by atoms with van der Waals surface area (Å²) in [6.07, 6.45) is -4.41. The minimum absolute atomic E-state index is 0.0414. The molecule has 1 saturated heterocycles. The number of carboxylic acids is 1. The van der Waals surface area contributed by atoms with E-state index in [2.05, 4.69) is 21.7 Å². The van der Waals surface area contributed by atoms with Gasteiger partial charge in [-0.3, -0.25) is 9.69 Å². The average Bonchev–Trinajstić information content (AvgIpc) is 3.17. The lowest BCUT2D eigenvalue weighted by Crippen LogP contribution is -2.52. The number of anilines is 1. The minimum Gasteiger partial charge on any atom is -0.492 e. The number of aryl methyl sites for hydroxylation is 1. The first-order valence-corrected chi connectivity index (χ1v) is 11.8. The van der Waals surface area contributed by atoms with Crippen LogP contribution in [-0.4, -0.2) is 59.8 Å². The Morgan fingerprint density at radius 3 is 2.74 bits per heavy atom. The Kier molecular flexibility index (Phi) is 6.99. The van der Waals surface area contributed by atoms with Crippen LogP contribution in [0.25, 0.3) is 10.2 Å². The molecule has 10 heteroatoms. The summed E-state index contributed by atoms with van der Waals surface area (Å²) < 4.78 is 45.5. The Bertz CT molecular complexity index is 1180. The van der Waals surface area contributed by atoms with Crippen LogP contribution in [-0.2, 0) is 17.4 Å². The van der Waals surface area contributed by atoms with Gasteiger partial charge in [-0.15, -0.1) is 0 Å². The van der Waals surface area contributed by atoms with E-state index in [-0.39, 0.29) is 12.5 Å². The highest BCUT2D eigenvalue weighted by atomic mass is 32.1. The van der Waals surface area contributed by atoms with Crippen LogP contribution in [0.5, 0.6) is 5.75 Å². The standard InChI is InChI=1S/C24H26F3N3O3S/c1-15-9-17(12-22(31)32)11-19(10-15)33-8-7-29-5-6-30(14-16(29)2)23-28-20-4-3-18(24(25,26)27)13-21(20)34-23/h3-4,9-11,13,16H,5-8,12,14H2,1-2H3,(H,31,32)/t16-/m0/s1. The fourth-order valence-corrected chi connectivity index (χ4v) is 5.23. The molecule has 6 nitrogen and oxygen atoms in total. The third-order valence-electron chi connectivity index (χ3n) is 5.85. The maximum atomic E-state index is 13.0. The van der Waals surface area contributed by atoms with Gasteiger partial charge in [0, 0.05) is 32.2 Å². The number of rotatable bonds is 7. The number of piperazine rings is 1. The molecule has 1 fully saturated rings. The van der Waals surface area contributed by atoms with Crippen molar-refractivity contribution in [3.05, 3.63) is 53.1 Å². The molecule has 0 spiro atoms. The second kappa shape index (κ2) is 9.79. The maximum Gasteiger partial charge on any atom is 0.416 e. The molecule has 182 valence electrons. The van der Waals surface area contributed by atoms with Crippen LogP contribution in [0, 0.1) is 6.92 Å². The molecule has 0 aliphatic carbocycles. The molecule has 4 rings (SSSR count). The van der Waals surface area contributed by atoms with Crippen molar-refractivity contribution in [3.8, 4) is 5.75 Å². The van der Waals surface area contributed by atoms with Gasteiger partial charge in [0.05, 0.1) is 22.2 Å². The van der Waals surface area contributed by atoms with E-state index < -0.39 is 17.7 Å². The fraction of sp³-hybridized carbons (Fsp3) is 0.417. The molecule has 1 aliphatic rings. The normalized spacial score (nSPS) is 17.3. The second-order valence-electron chi connectivity index (χ2n) is 8.58. The lowest BCUT2D eigenvalue weighted by atomic mass is 10.1. The molecule has 0 radical (unpaired) electrons. The first kappa shape index (κ1) is 24.3. The summed E-state index contributed by atoms with van der Waals surface area (Å²) in [5.41, 5.74) is 1.59. The molecular weight excluding hydrogens is 467 g/mol. The van der Waals surface area contributed by atoms with Crippen molar-refractivity contribution < 1.29 is 27.8 Å². The van der Waals surface area contributed by atoms with Crippen LogP contribution in [0.15, 0.2) is 36.4 Å². The van der Waals surface area contributed by atoms with Crippen LogP contribution >= 0.6 is 11.3 Å². The summed E-state index contributed by atoms with van der Waals surface area (Å²) in [5, 5.41) is 9.75. The summed E-state index contributed by atoms with van der Waals surface area (Å²) in [6, 6.07) is 9.39. The van der Waals surface area contributed by atoms with Gasteiger partial charge >= 0.3 is 12.1 Å². The Hall–Kier alpha value is -2.85. The molecule has 1 N–H and O–H groups in total. The molecule has 3 aromatic rings. The summed E-state index contributed by atoms with van der Waals surface area (Å²) in [6.45, 7) is 7.44. The number of ether oxygens (including phenoxy) is 1. The van der Waals surface area contributed by atoms with E-state index in [1.165, 1.54) is 23.5 Å². The van der Waals surface area contributed by atoms with E-state index in [4.69, 9.17) is 9.84 Å². The first-order chi connectivity index (χ1) is 16.1. The molecule has 1 aliphatic heterocycles. The zero-order valence-electron chi connectivity index (χ0n) is 18.9. The van der Waals surface area contributed by atoms with E-state index >= 15 is 0 Å². The van der Waals surface area contributed by atoms with E-state index in [9.17, 15) is 18.0 Å². The number of fused-ring (bicyclic) bond motifs is 1. The van der Waals surface area contributed by atoms with Crippen LogP contribution in [0.4, 0.5) is 18.3 Å². The lowest BCUT2D eigenvalue weighted by molar-refractivity contribution is -0.138. The number of nitrogens with zero attached hydrogens (tertiary/aromatic N) is 3. The smallest absolute Gasteiger partial charge is 0.416 e. The molecule has 0 bridgehead atoms. The monoisotopic (exact) mass is 493 g/mol. The van der Waals surface area contributed by atoms with Gasteiger partial charge in [0.1, 0.15) is 12.4 Å². The topological polar surface area (TPSA) is 65.9 Å². The summed E-state index contributed by atoms with van der Waals surface area (Å²) >= 11 is 1.29. The van der Waals surface area contributed by atoms with Crippen molar-refractivity contribution in [1.29, 1.82) is 0 Å². The highest BCUT2D eigenvalue weighted by molar-refractivity contribution is 7.22. The number of carbonyl (C=O) groups is 1. The Morgan fingerprint density at radius 1 is 1.24 bits per heavy atom. The third-order valence-corrected chi connectivity index (χ3v) is 6.93. The zero-order chi connectivity index (χ0) is 24.5. The molecule has 2 aromatic carbocycles. The van der Waals surface area contributed by atoms with E-state index in [0.717, 1.165) is 36.4 Å². The van der Waals surface area contributed by atoms with Crippen molar-refractivity contribution in [2.45, 2.75) is 32.5 Å². The molecule has 0 unspecified atom stereocenters. The predicted molar refractivity (Wildman–Crippen MR) is 126 cm³/mol. The van der Waals surface area contributed by atoms with Crippen LogP contribution < -0.4 is 9.64 Å². The highest BCUT2D eigenvalue weighted by Crippen LogP contribution is 2.35. The second-order valence-corrected chi connectivity index (χ2v) is 9.59. The zero-order valence-corrected chi connectivity index (χ0v) is 19.7. The van der Waals surface area contributed by atoms with Crippen LogP contribution in [0.3, 0.4) is 0 Å². The van der Waals surface area contributed by atoms with Gasteiger partial charge in [0.2, 0.25) is 0 Å². The number of aliphatic carboxylic acids is 1. The molecule has 34 heavy (non-hydrogen) atoms. The SMILES string of the molecule is Cc1cc(CC(=O)O)cc(OCCN2CCN(c3nc4ccc(C(F)(F)F)cc4s3)C[C@@H]2C)c1. The largest absolute Gasteiger partial charge is 0.492 e. The number of thiazole rings is 1. The number of carboxylic acid groups (broad SMARTS) is 1. The van der Waals surface area contributed by atoms with Gasteiger partial charge in [-0.25, -0.2) is 4.98 Å². The van der Waals surface area contributed by atoms with Gasteiger partial charge in [-0.05, 0) is 55.3 Å². The highest BCUT2D eigenvalue weighted by Gasteiger charge is 2.31. The summed E-state index contributed by atoms with van der Waals surface area (Å²) in [5.74, 6) is -0.215. The minimum atomic E-state index is -4.36. The number of hydrogen-bond donors (Lipinski definition) is 1. The van der Waals surface area contributed by atoms with Crippen molar-refractivity contribution in [1.82, 2.24) is 9.88 Å². The third kappa shape index (κ3) is 5.79.